The van der Waals surface area contributed by atoms with Crippen molar-refractivity contribution in [2.75, 3.05) is 13.6 Å². The zero-order chi connectivity index (χ0) is 16.0. The van der Waals surface area contributed by atoms with Gasteiger partial charge in [-0.05, 0) is 29.8 Å². The molecule has 0 unspecified atom stereocenters. The van der Waals surface area contributed by atoms with Crippen molar-refractivity contribution in [3.8, 4) is 0 Å². The molecule has 0 amide bonds. The van der Waals surface area contributed by atoms with Gasteiger partial charge in [-0.25, -0.2) is 4.39 Å². The molecular formula is C17H23FIN3O. The summed E-state index contributed by atoms with van der Waals surface area (Å²) in [6.07, 6.45) is 1.64. The molecule has 1 heterocycles. The predicted molar refractivity (Wildman–Crippen MR) is 102 cm³/mol. The average molecular weight is 431 g/mol. The lowest BCUT2D eigenvalue weighted by Gasteiger charge is -2.26. The molecule has 0 aliphatic carbocycles. The first kappa shape index (κ1) is 19.5. The largest absolute Gasteiger partial charge is 0.467 e. The van der Waals surface area contributed by atoms with Crippen LogP contribution in [-0.4, -0.2) is 19.6 Å². The molecule has 0 spiro atoms. The van der Waals surface area contributed by atoms with Gasteiger partial charge in [-0.2, -0.15) is 0 Å². The molecule has 0 fully saturated rings. The van der Waals surface area contributed by atoms with Gasteiger partial charge in [0.1, 0.15) is 11.6 Å². The fourth-order valence-corrected chi connectivity index (χ4v) is 2.11. The van der Waals surface area contributed by atoms with E-state index in [0.29, 0.717) is 19.0 Å². The highest BCUT2D eigenvalue weighted by Crippen LogP contribution is 2.22. The third-order valence-electron chi connectivity index (χ3n) is 3.56. The van der Waals surface area contributed by atoms with Crippen LogP contribution in [0.3, 0.4) is 0 Å². The van der Waals surface area contributed by atoms with Gasteiger partial charge in [0.05, 0.1) is 12.8 Å². The molecule has 2 N–H and O–H groups in total. The van der Waals surface area contributed by atoms with Crippen LogP contribution in [0.25, 0.3) is 0 Å². The van der Waals surface area contributed by atoms with Crippen molar-refractivity contribution in [2.24, 2.45) is 4.99 Å². The van der Waals surface area contributed by atoms with Crippen molar-refractivity contribution in [2.45, 2.75) is 25.8 Å². The highest BCUT2D eigenvalue weighted by molar-refractivity contribution is 14.0. The van der Waals surface area contributed by atoms with Crippen LogP contribution in [0.2, 0.25) is 0 Å². The van der Waals surface area contributed by atoms with Crippen LogP contribution < -0.4 is 10.6 Å². The first-order valence-corrected chi connectivity index (χ1v) is 7.24. The zero-order valence-electron chi connectivity index (χ0n) is 13.6. The van der Waals surface area contributed by atoms with E-state index in [0.717, 1.165) is 11.3 Å². The minimum absolute atomic E-state index is 0. The number of halogens is 2. The lowest BCUT2D eigenvalue weighted by atomic mass is 9.84. The van der Waals surface area contributed by atoms with Crippen LogP contribution in [0.1, 0.15) is 25.2 Å². The lowest BCUT2D eigenvalue weighted by molar-refractivity contribution is 0.491. The van der Waals surface area contributed by atoms with Gasteiger partial charge >= 0.3 is 0 Å². The molecule has 4 nitrogen and oxygen atoms in total. The van der Waals surface area contributed by atoms with Gasteiger partial charge in [0.15, 0.2) is 5.96 Å². The Morgan fingerprint density at radius 1 is 1.17 bits per heavy atom. The Labute approximate surface area is 153 Å². The van der Waals surface area contributed by atoms with E-state index in [1.54, 1.807) is 13.3 Å². The van der Waals surface area contributed by atoms with E-state index in [1.165, 1.54) is 12.1 Å². The Balaban J connectivity index is 0.00000264. The minimum Gasteiger partial charge on any atom is -0.467 e. The molecule has 0 saturated carbocycles. The molecule has 0 aliphatic heterocycles. The second-order valence-electron chi connectivity index (χ2n) is 5.75. The summed E-state index contributed by atoms with van der Waals surface area (Å²) in [6, 6.07) is 10.4. The quantitative estimate of drug-likeness (QED) is 0.432. The molecule has 1 aromatic heterocycles. The van der Waals surface area contributed by atoms with Crippen molar-refractivity contribution in [1.29, 1.82) is 0 Å². The summed E-state index contributed by atoms with van der Waals surface area (Å²) in [5.74, 6) is 1.33. The number of nitrogens with zero attached hydrogens (tertiary/aromatic N) is 1. The van der Waals surface area contributed by atoms with E-state index in [9.17, 15) is 4.39 Å². The van der Waals surface area contributed by atoms with E-state index in [2.05, 4.69) is 29.5 Å². The van der Waals surface area contributed by atoms with Crippen LogP contribution in [0.5, 0.6) is 0 Å². The molecule has 0 saturated heterocycles. The summed E-state index contributed by atoms with van der Waals surface area (Å²) in [5.41, 5.74) is 0.929. The maximum Gasteiger partial charge on any atom is 0.191 e. The van der Waals surface area contributed by atoms with Crippen molar-refractivity contribution >= 4 is 29.9 Å². The molecule has 2 aromatic rings. The van der Waals surface area contributed by atoms with E-state index in [1.807, 2.05) is 24.3 Å². The van der Waals surface area contributed by atoms with Gasteiger partial charge in [-0.1, -0.05) is 26.0 Å². The molecule has 0 radical (unpaired) electrons. The minimum atomic E-state index is -0.219. The average Bonchev–Trinajstić information content (AvgIpc) is 3.01. The van der Waals surface area contributed by atoms with Crippen LogP contribution in [-0.2, 0) is 12.0 Å². The maximum atomic E-state index is 13.0. The Hall–Kier alpha value is -1.57. The van der Waals surface area contributed by atoms with Crippen LogP contribution in [0.15, 0.2) is 52.1 Å². The SMILES string of the molecule is CN=C(NCc1ccco1)NCC(C)(C)c1ccc(F)cc1.I. The van der Waals surface area contributed by atoms with Crippen molar-refractivity contribution in [3.63, 3.8) is 0 Å². The van der Waals surface area contributed by atoms with Crippen molar-refractivity contribution in [3.05, 3.63) is 59.8 Å². The number of benzene rings is 1. The second-order valence-corrected chi connectivity index (χ2v) is 5.75. The van der Waals surface area contributed by atoms with Gasteiger partial charge in [-0.15, -0.1) is 24.0 Å². The number of hydrogen-bond donors (Lipinski definition) is 2. The third-order valence-corrected chi connectivity index (χ3v) is 3.56. The molecule has 0 aliphatic rings. The Morgan fingerprint density at radius 3 is 2.43 bits per heavy atom. The number of furan rings is 1. The van der Waals surface area contributed by atoms with Crippen molar-refractivity contribution in [1.82, 2.24) is 10.6 Å². The highest BCUT2D eigenvalue weighted by Gasteiger charge is 2.21. The molecule has 23 heavy (non-hydrogen) atoms. The Bertz CT molecular complexity index is 609. The Kier molecular flexibility index (Phi) is 7.54. The van der Waals surface area contributed by atoms with E-state index in [4.69, 9.17) is 4.42 Å². The fraction of sp³-hybridized carbons (Fsp3) is 0.353. The molecule has 6 heteroatoms. The fourth-order valence-electron chi connectivity index (χ4n) is 2.11. The van der Waals surface area contributed by atoms with Crippen molar-refractivity contribution < 1.29 is 8.81 Å². The van der Waals surface area contributed by atoms with Crippen LogP contribution in [0, 0.1) is 5.82 Å². The third kappa shape index (κ3) is 5.85. The molecule has 1 aromatic carbocycles. The van der Waals surface area contributed by atoms with Gasteiger partial charge in [0.2, 0.25) is 0 Å². The van der Waals surface area contributed by atoms with E-state index >= 15 is 0 Å². The molecule has 126 valence electrons. The molecule has 2 rings (SSSR count). The summed E-state index contributed by atoms with van der Waals surface area (Å²) in [4.78, 5) is 4.19. The first-order chi connectivity index (χ1) is 10.5. The summed E-state index contributed by atoms with van der Waals surface area (Å²) >= 11 is 0. The van der Waals surface area contributed by atoms with Gasteiger partial charge in [0.25, 0.3) is 0 Å². The predicted octanol–water partition coefficient (Wildman–Crippen LogP) is 3.68. The van der Waals surface area contributed by atoms with E-state index < -0.39 is 0 Å². The zero-order valence-corrected chi connectivity index (χ0v) is 15.9. The number of guanidine groups is 1. The summed E-state index contributed by atoms with van der Waals surface area (Å²) < 4.78 is 18.3. The summed E-state index contributed by atoms with van der Waals surface area (Å²) in [7, 11) is 1.72. The normalized spacial score (nSPS) is 11.7. The smallest absolute Gasteiger partial charge is 0.191 e. The van der Waals surface area contributed by atoms with Gasteiger partial charge in [0, 0.05) is 19.0 Å². The standard InChI is InChI=1S/C17H22FN3O.HI/c1-17(2,13-6-8-14(18)9-7-13)12-21-16(19-3)20-11-15-5-4-10-22-15;/h4-10H,11-12H2,1-3H3,(H2,19,20,21);1H. The van der Waals surface area contributed by atoms with Gasteiger partial charge < -0.3 is 15.1 Å². The number of rotatable bonds is 5. The maximum absolute atomic E-state index is 13.0. The number of nitrogens with one attached hydrogen (secondary N) is 2. The summed E-state index contributed by atoms with van der Waals surface area (Å²) in [5, 5.41) is 6.48. The number of hydrogen-bond acceptors (Lipinski definition) is 2. The Morgan fingerprint density at radius 2 is 1.87 bits per heavy atom. The molecular weight excluding hydrogens is 408 g/mol. The first-order valence-electron chi connectivity index (χ1n) is 7.24. The summed E-state index contributed by atoms with van der Waals surface area (Å²) in [6.45, 7) is 5.46. The van der Waals surface area contributed by atoms with Crippen LogP contribution >= 0.6 is 24.0 Å². The number of aliphatic imine (C=N–C) groups is 1. The van der Waals surface area contributed by atoms with Crippen LogP contribution in [0.4, 0.5) is 4.39 Å². The van der Waals surface area contributed by atoms with Gasteiger partial charge in [-0.3, -0.25) is 4.99 Å². The van der Waals surface area contributed by atoms with E-state index in [-0.39, 0.29) is 35.2 Å². The lowest BCUT2D eigenvalue weighted by Crippen LogP contribution is -2.43. The second kappa shape index (κ2) is 8.90. The monoisotopic (exact) mass is 431 g/mol. The molecule has 0 atom stereocenters. The molecule has 0 bridgehead atoms. The highest BCUT2D eigenvalue weighted by atomic mass is 127. The topological polar surface area (TPSA) is 49.6 Å².